The summed E-state index contributed by atoms with van der Waals surface area (Å²) in [4.78, 5) is 0. The summed E-state index contributed by atoms with van der Waals surface area (Å²) in [6.45, 7) is 7.64. The van der Waals surface area contributed by atoms with Crippen molar-refractivity contribution in [2.75, 3.05) is 0 Å². The van der Waals surface area contributed by atoms with Crippen LogP contribution in [0.1, 0.15) is 45.8 Å². The average molecular weight is 335 g/mol. The Hall–Kier alpha value is -0.0300. The second kappa shape index (κ2) is 7.33. The molecule has 0 aliphatic carbocycles. The summed E-state index contributed by atoms with van der Waals surface area (Å²) in [5.74, 6) is 1.85. The highest BCUT2D eigenvalue weighted by molar-refractivity contribution is 14.1. The number of furan rings is 1. The zero-order valence-electron chi connectivity index (χ0n) is 10.4. The fourth-order valence-electron chi connectivity index (χ4n) is 1.66. The zero-order valence-corrected chi connectivity index (χ0v) is 12.6. The van der Waals surface area contributed by atoms with Crippen molar-refractivity contribution < 1.29 is 4.42 Å². The third-order valence-electron chi connectivity index (χ3n) is 2.67. The molecule has 1 N–H and O–H groups in total. The van der Waals surface area contributed by atoms with Crippen LogP contribution in [-0.4, -0.2) is 6.04 Å². The lowest BCUT2D eigenvalue weighted by atomic mass is 10.0. The minimum Gasteiger partial charge on any atom is -0.454 e. The maximum atomic E-state index is 5.50. The Kier molecular flexibility index (Phi) is 6.43. The third-order valence-corrected chi connectivity index (χ3v) is 3.25. The Morgan fingerprint density at radius 1 is 1.25 bits per heavy atom. The first kappa shape index (κ1) is 14.0. The van der Waals surface area contributed by atoms with Crippen LogP contribution in [0.4, 0.5) is 0 Å². The molecule has 0 radical (unpaired) electrons. The highest BCUT2D eigenvalue weighted by atomic mass is 127. The van der Waals surface area contributed by atoms with E-state index in [1.165, 1.54) is 19.3 Å². The van der Waals surface area contributed by atoms with Crippen LogP contribution in [0.2, 0.25) is 0 Å². The summed E-state index contributed by atoms with van der Waals surface area (Å²) in [5, 5.41) is 3.49. The monoisotopic (exact) mass is 335 g/mol. The van der Waals surface area contributed by atoms with Crippen molar-refractivity contribution >= 4 is 22.6 Å². The molecule has 0 amide bonds. The summed E-state index contributed by atoms with van der Waals surface area (Å²) in [5.41, 5.74) is 0. The van der Waals surface area contributed by atoms with E-state index in [2.05, 4.69) is 48.7 Å². The Morgan fingerprint density at radius 3 is 2.56 bits per heavy atom. The van der Waals surface area contributed by atoms with E-state index in [1.807, 2.05) is 12.1 Å². The van der Waals surface area contributed by atoms with Crippen LogP contribution in [0.15, 0.2) is 16.5 Å². The van der Waals surface area contributed by atoms with E-state index >= 15 is 0 Å². The SMILES string of the molecule is CC(C)CCCC(C)NCc1ccc(I)o1. The number of hydrogen-bond donors (Lipinski definition) is 1. The summed E-state index contributed by atoms with van der Waals surface area (Å²) >= 11 is 2.19. The smallest absolute Gasteiger partial charge is 0.164 e. The molecule has 0 bridgehead atoms. The van der Waals surface area contributed by atoms with Gasteiger partial charge in [0, 0.05) is 6.04 Å². The Bertz CT molecular complexity index is 296. The van der Waals surface area contributed by atoms with Crippen LogP contribution in [-0.2, 0) is 6.54 Å². The molecule has 1 aromatic heterocycles. The van der Waals surface area contributed by atoms with Crippen molar-refractivity contribution in [2.24, 2.45) is 5.92 Å². The van der Waals surface area contributed by atoms with Crippen LogP contribution in [0.25, 0.3) is 0 Å². The second-order valence-electron chi connectivity index (χ2n) is 4.81. The Morgan fingerprint density at radius 2 is 2.00 bits per heavy atom. The molecular formula is C13H22INO. The lowest BCUT2D eigenvalue weighted by molar-refractivity contribution is 0.416. The van der Waals surface area contributed by atoms with Crippen LogP contribution in [0, 0.1) is 9.68 Å². The van der Waals surface area contributed by atoms with Crippen LogP contribution < -0.4 is 5.32 Å². The standard InChI is InChI=1S/C13H22INO/c1-10(2)5-4-6-11(3)15-9-12-7-8-13(14)16-12/h7-8,10-11,15H,4-6,9H2,1-3H3. The Balaban J connectivity index is 2.12. The predicted molar refractivity (Wildman–Crippen MR) is 76.4 cm³/mol. The van der Waals surface area contributed by atoms with Crippen LogP contribution >= 0.6 is 22.6 Å². The molecule has 1 aromatic rings. The predicted octanol–water partition coefficient (Wildman–Crippen LogP) is 4.19. The van der Waals surface area contributed by atoms with E-state index in [9.17, 15) is 0 Å². The second-order valence-corrected chi connectivity index (χ2v) is 5.88. The van der Waals surface area contributed by atoms with Crippen molar-refractivity contribution in [1.29, 1.82) is 0 Å². The van der Waals surface area contributed by atoms with E-state index in [-0.39, 0.29) is 0 Å². The number of halogens is 1. The average Bonchev–Trinajstić information content (AvgIpc) is 2.61. The lowest BCUT2D eigenvalue weighted by Gasteiger charge is -2.13. The molecule has 0 fully saturated rings. The summed E-state index contributed by atoms with van der Waals surface area (Å²) in [6.07, 6.45) is 3.88. The van der Waals surface area contributed by atoms with Crippen molar-refractivity contribution in [2.45, 2.75) is 52.6 Å². The molecule has 3 heteroatoms. The molecule has 1 unspecified atom stereocenters. The lowest BCUT2D eigenvalue weighted by Crippen LogP contribution is -2.25. The molecule has 16 heavy (non-hydrogen) atoms. The molecule has 2 nitrogen and oxygen atoms in total. The zero-order chi connectivity index (χ0) is 12.0. The van der Waals surface area contributed by atoms with E-state index in [0.29, 0.717) is 6.04 Å². The number of nitrogens with one attached hydrogen (secondary N) is 1. The summed E-state index contributed by atoms with van der Waals surface area (Å²) in [7, 11) is 0. The fourth-order valence-corrected chi connectivity index (χ4v) is 2.12. The normalized spacial score (nSPS) is 13.3. The molecule has 0 spiro atoms. The minimum absolute atomic E-state index is 0.571. The van der Waals surface area contributed by atoms with Gasteiger partial charge < -0.3 is 9.73 Å². The van der Waals surface area contributed by atoms with Gasteiger partial charge in [0.05, 0.1) is 6.54 Å². The van der Waals surface area contributed by atoms with Gasteiger partial charge in [-0.1, -0.05) is 26.7 Å². The molecule has 0 saturated carbocycles. The molecule has 0 aliphatic heterocycles. The van der Waals surface area contributed by atoms with Gasteiger partial charge in [0.25, 0.3) is 0 Å². The van der Waals surface area contributed by atoms with E-state index in [4.69, 9.17) is 4.42 Å². The minimum atomic E-state index is 0.571. The van der Waals surface area contributed by atoms with E-state index < -0.39 is 0 Å². The van der Waals surface area contributed by atoms with Gasteiger partial charge in [-0.05, 0) is 54.0 Å². The topological polar surface area (TPSA) is 25.2 Å². The fraction of sp³-hybridized carbons (Fsp3) is 0.692. The van der Waals surface area contributed by atoms with Gasteiger partial charge >= 0.3 is 0 Å². The third kappa shape index (κ3) is 5.89. The van der Waals surface area contributed by atoms with Gasteiger partial charge in [-0.15, -0.1) is 0 Å². The quantitative estimate of drug-likeness (QED) is 0.756. The Labute approximate surface area is 112 Å². The summed E-state index contributed by atoms with van der Waals surface area (Å²) < 4.78 is 6.46. The van der Waals surface area contributed by atoms with Crippen molar-refractivity contribution in [3.05, 3.63) is 21.7 Å². The molecule has 0 saturated heterocycles. The van der Waals surface area contributed by atoms with Gasteiger partial charge in [-0.25, -0.2) is 0 Å². The first-order chi connectivity index (χ1) is 7.58. The maximum Gasteiger partial charge on any atom is 0.164 e. The van der Waals surface area contributed by atoms with Gasteiger partial charge in [0.2, 0.25) is 0 Å². The van der Waals surface area contributed by atoms with Crippen LogP contribution in [0.3, 0.4) is 0 Å². The highest BCUT2D eigenvalue weighted by Crippen LogP contribution is 2.11. The first-order valence-electron chi connectivity index (χ1n) is 6.05. The van der Waals surface area contributed by atoms with Gasteiger partial charge in [-0.3, -0.25) is 0 Å². The van der Waals surface area contributed by atoms with Crippen molar-refractivity contribution in [3.8, 4) is 0 Å². The molecular weight excluding hydrogens is 313 g/mol. The first-order valence-corrected chi connectivity index (χ1v) is 7.13. The largest absolute Gasteiger partial charge is 0.454 e. The summed E-state index contributed by atoms with van der Waals surface area (Å²) in [6, 6.07) is 4.61. The van der Waals surface area contributed by atoms with Crippen LogP contribution in [0.5, 0.6) is 0 Å². The van der Waals surface area contributed by atoms with Gasteiger partial charge in [0.15, 0.2) is 3.77 Å². The molecule has 0 aliphatic rings. The van der Waals surface area contributed by atoms with E-state index in [1.54, 1.807) is 0 Å². The van der Waals surface area contributed by atoms with Gasteiger partial charge in [-0.2, -0.15) is 0 Å². The maximum absolute atomic E-state index is 5.50. The van der Waals surface area contributed by atoms with Crippen molar-refractivity contribution in [1.82, 2.24) is 5.32 Å². The van der Waals surface area contributed by atoms with E-state index in [0.717, 1.165) is 22.0 Å². The molecule has 0 aromatic carbocycles. The number of rotatable bonds is 7. The molecule has 1 atom stereocenters. The molecule has 92 valence electrons. The number of hydrogen-bond acceptors (Lipinski definition) is 2. The molecule has 1 rings (SSSR count). The highest BCUT2D eigenvalue weighted by Gasteiger charge is 2.04. The van der Waals surface area contributed by atoms with Gasteiger partial charge in [0.1, 0.15) is 5.76 Å². The molecule has 1 heterocycles. The van der Waals surface area contributed by atoms with Crippen molar-refractivity contribution in [3.63, 3.8) is 0 Å².